The highest BCUT2D eigenvalue weighted by molar-refractivity contribution is 5.76. The first kappa shape index (κ1) is 21.3. The number of hydrogen-bond acceptors (Lipinski definition) is 4. The van der Waals surface area contributed by atoms with E-state index in [-0.39, 0.29) is 17.9 Å². The Morgan fingerprint density at radius 2 is 1.66 bits per heavy atom. The van der Waals surface area contributed by atoms with E-state index in [9.17, 15) is 4.79 Å². The Balaban J connectivity index is 1.63. The van der Waals surface area contributed by atoms with Crippen LogP contribution >= 0.6 is 0 Å². The molecule has 0 aromatic heterocycles. The van der Waals surface area contributed by atoms with Gasteiger partial charge in [-0.1, -0.05) is 49.4 Å². The maximum Gasteiger partial charge on any atom is 0.220 e. The zero-order valence-corrected chi connectivity index (χ0v) is 17.8. The molecule has 2 atom stereocenters. The van der Waals surface area contributed by atoms with Gasteiger partial charge in [0.2, 0.25) is 5.91 Å². The lowest BCUT2D eigenvalue weighted by Gasteiger charge is -2.38. The van der Waals surface area contributed by atoms with Crippen LogP contribution in [0, 0.1) is 0 Å². The minimum Gasteiger partial charge on any atom is -0.497 e. The Morgan fingerprint density at radius 1 is 1.00 bits per heavy atom. The lowest BCUT2D eigenvalue weighted by Crippen LogP contribution is -2.48. The van der Waals surface area contributed by atoms with Crippen LogP contribution in [0.15, 0.2) is 54.6 Å². The molecule has 1 aliphatic heterocycles. The Kier molecular flexibility index (Phi) is 7.67. The number of rotatable bonds is 8. The van der Waals surface area contributed by atoms with E-state index in [1.165, 1.54) is 11.1 Å². The van der Waals surface area contributed by atoms with E-state index >= 15 is 0 Å². The number of amides is 1. The molecule has 0 radical (unpaired) electrons. The van der Waals surface area contributed by atoms with Gasteiger partial charge in [0.1, 0.15) is 5.75 Å². The van der Waals surface area contributed by atoms with Crippen molar-refractivity contribution in [2.75, 3.05) is 46.9 Å². The van der Waals surface area contributed by atoms with Crippen molar-refractivity contribution in [3.8, 4) is 5.75 Å². The van der Waals surface area contributed by atoms with E-state index in [4.69, 9.17) is 4.74 Å². The molecule has 2 aromatic rings. The first-order valence-corrected chi connectivity index (χ1v) is 10.4. The quantitative estimate of drug-likeness (QED) is 0.745. The zero-order chi connectivity index (χ0) is 20.6. The van der Waals surface area contributed by atoms with Crippen molar-refractivity contribution in [3.05, 3.63) is 65.7 Å². The molecule has 1 amide bonds. The molecule has 29 heavy (non-hydrogen) atoms. The summed E-state index contributed by atoms with van der Waals surface area (Å²) >= 11 is 0. The van der Waals surface area contributed by atoms with Gasteiger partial charge in [-0.15, -0.1) is 0 Å². The summed E-state index contributed by atoms with van der Waals surface area (Å²) in [5.41, 5.74) is 2.42. The third-order valence-electron chi connectivity index (χ3n) is 5.83. The largest absolute Gasteiger partial charge is 0.497 e. The van der Waals surface area contributed by atoms with E-state index in [1.807, 2.05) is 30.3 Å². The third-order valence-corrected chi connectivity index (χ3v) is 5.83. The van der Waals surface area contributed by atoms with Crippen LogP contribution in [-0.2, 0) is 4.79 Å². The lowest BCUT2D eigenvalue weighted by atomic mass is 9.97. The van der Waals surface area contributed by atoms with Crippen LogP contribution in [0.1, 0.15) is 36.4 Å². The number of ether oxygens (including phenoxy) is 1. The average molecular weight is 396 g/mol. The van der Waals surface area contributed by atoms with E-state index in [0.29, 0.717) is 13.0 Å². The van der Waals surface area contributed by atoms with Gasteiger partial charge in [-0.05, 0) is 36.2 Å². The molecule has 2 unspecified atom stereocenters. The fourth-order valence-electron chi connectivity index (χ4n) is 3.88. The SMILES string of the molecule is COc1ccc(C(CNC(=O)CC(C)c2ccccc2)N2CCN(C)CC2)cc1. The summed E-state index contributed by atoms with van der Waals surface area (Å²) in [6.07, 6.45) is 0.502. The summed E-state index contributed by atoms with van der Waals surface area (Å²) in [5, 5.41) is 3.19. The van der Waals surface area contributed by atoms with Gasteiger partial charge in [0.05, 0.1) is 13.2 Å². The Bertz CT molecular complexity index is 755. The van der Waals surface area contributed by atoms with Crippen LogP contribution < -0.4 is 10.1 Å². The van der Waals surface area contributed by atoms with Crippen LogP contribution in [0.4, 0.5) is 0 Å². The van der Waals surface area contributed by atoms with Gasteiger partial charge in [-0.25, -0.2) is 0 Å². The zero-order valence-electron chi connectivity index (χ0n) is 17.8. The molecule has 156 valence electrons. The van der Waals surface area contributed by atoms with Crippen molar-refractivity contribution < 1.29 is 9.53 Å². The Labute approximate surface area is 174 Å². The van der Waals surface area contributed by atoms with Crippen LogP contribution in [0.5, 0.6) is 5.75 Å². The predicted octanol–water partition coefficient (Wildman–Crippen LogP) is 3.29. The minimum atomic E-state index is 0.106. The second-order valence-corrected chi connectivity index (χ2v) is 7.95. The molecule has 1 saturated heterocycles. The van der Waals surface area contributed by atoms with Gasteiger partial charge >= 0.3 is 0 Å². The smallest absolute Gasteiger partial charge is 0.220 e. The number of methoxy groups -OCH3 is 1. The molecule has 1 fully saturated rings. The van der Waals surface area contributed by atoms with Crippen LogP contribution in [0.3, 0.4) is 0 Å². The summed E-state index contributed by atoms with van der Waals surface area (Å²) in [5.74, 6) is 1.17. The van der Waals surface area contributed by atoms with Crippen molar-refractivity contribution in [2.24, 2.45) is 0 Å². The van der Waals surface area contributed by atoms with Gasteiger partial charge in [-0.3, -0.25) is 9.69 Å². The molecule has 2 aromatic carbocycles. The molecule has 5 heteroatoms. The number of hydrogen-bond donors (Lipinski definition) is 1. The molecule has 0 aliphatic carbocycles. The number of piperazine rings is 1. The summed E-state index contributed by atoms with van der Waals surface area (Å²) in [6.45, 7) is 6.83. The first-order chi connectivity index (χ1) is 14.1. The van der Waals surface area contributed by atoms with Gasteiger partial charge in [0.15, 0.2) is 0 Å². The molecule has 1 aliphatic rings. The summed E-state index contributed by atoms with van der Waals surface area (Å²) in [7, 11) is 3.84. The number of nitrogens with one attached hydrogen (secondary N) is 1. The van der Waals surface area contributed by atoms with E-state index in [0.717, 1.165) is 31.9 Å². The van der Waals surface area contributed by atoms with Gasteiger partial charge in [0, 0.05) is 39.1 Å². The number of nitrogens with zero attached hydrogens (tertiary/aromatic N) is 2. The average Bonchev–Trinajstić information content (AvgIpc) is 2.76. The number of benzene rings is 2. The van der Waals surface area contributed by atoms with Gasteiger partial charge in [0.25, 0.3) is 0 Å². The molecule has 0 spiro atoms. The van der Waals surface area contributed by atoms with Crippen molar-refractivity contribution in [3.63, 3.8) is 0 Å². The number of carbonyl (C=O) groups excluding carboxylic acids is 1. The van der Waals surface area contributed by atoms with Crippen molar-refractivity contribution in [1.82, 2.24) is 15.1 Å². The van der Waals surface area contributed by atoms with Crippen LogP contribution in [-0.4, -0.2) is 62.6 Å². The van der Waals surface area contributed by atoms with Crippen LogP contribution in [0.25, 0.3) is 0 Å². The monoisotopic (exact) mass is 395 g/mol. The van der Waals surface area contributed by atoms with Crippen LogP contribution in [0.2, 0.25) is 0 Å². The van der Waals surface area contributed by atoms with E-state index < -0.39 is 0 Å². The predicted molar refractivity (Wildman–Crippen MR) is 117 cm³/mol. The lowest BCUT2D eigenvalue weighted by molar-refractivity contribution is -0.121. The van der Waals surface area contributed by atoms with Gasteiger partial charge in [-0.2, -0.15) is 0 Å². The van der Waals surface area contributed by atoms with Crippen molar-refractivity contribution in [1.29, 1.82) is 0 Å². The molecular weight excluding hydrogens is 362 g/mol. The number of carbonyl (C=O) groups is 1. The Hall–Kier alpha value is -2.37. The van der Waals surface area contributed by atoms with E-state index in [1.54, 1.807) is 7.11 Å². The molecular formula is C24H33N3O2. The first-order valence-electron chi connectivity index (χ1n) is 10.4. The summed E-state index contributed by atoms with van der Waals surface area (Å²) in [6, 6.07) is 18.6. The second kappa shape index (κ2) is 10.4. The topological polar surface area (TPSA) is 44.8 Å². The molecule has 0 bridgehead atoms. The highest BCUT2D eigenvalue weighted by atomic mass is 16.5. The maximum absolute atomic E-state index is 12.6. The molecule has 1 N–H and O–H groups in total. The Morgan fingerprint density at radius 3 is 2.28 bits per heavy atom. The minimum absolute atomic E-state index is 0.106. The van der Waals surface area contributed by atoms with E-state index in [2.05, 4.69) is 53.4 Å². The fraction of sp³-hybridized carbons (Fsp3) is 0.458. The van der Waals surface area contributed by atoms with Crippen molar-refractivity contribution >= 4 is 5.91 Å². The number of likely N-dealkylation sites (N-methyl/N-ethyl adjacent to an activating group) is 1. The van der Waals surface area contributed by atoms with Gasteiger partial charge < -0.3 is 15.0 Å². The molecule has 3 rings (SSSR count). The molecule has 0 saturated carbocycles. The maximum atomic E-state index is 12.6. The highest BCUT2D eigenvalue weighted by Crippen LogP contribution is 2.24. The fourth-order valence-corrected chi connectivity index (χ4v) is 3.88. The normalized spacial score (nSPS) is 17.5. The summed E-state index contributed by atoms with van der Waals surface area (Å²) in [4.78, 5) is 17.5. The second-order valence-electron chi connectivity index (χ2n) is 7.95. The molecule has 5 nitrogen and oxygen atoms in total. The van der Waals surface area contributed by atoms with Crippen molar-refractivity contribution in [2.45, 2.75) is 25.3 Å². The highest BCUT2D eigenvalue weighted by Gasteiger charge is 2.24. The standard InChI is InChI=1S/C24H33N3O2/c1-19(20-7-5-4-6-8-20)17-24(28)25-18-23(27-15-13-26(2)14-16-27)21-9-11-22(29-3)12-10-21/h4-12,19,23H,13-18H2,1-3H3,(H,25,28). The third kappa shape index (κ3) is 6.05. The summed E-state index contributed by atoms with van der Waals surface area (Å²) < 4.78 is 5.30. The molecule has 1 heterocycles.